The molecule has 1 atom stereocenters. The summed E-state index contributed by atoms with van der Waals surface area (Å²) in [5, 5.41) is 8.55. The van der Waals surface area contributed by atoms with Crippen molar-refractivity contribution in [2.24, 2.45) is 11.1 Å². The summed E-state index contributed by atoms with van der Waals surface area (Å²) in [4.78, 5) is 10.5. The van der Waals surface area contributed by atoms with Crippen molar-refractivity contribution in [3.8, 4) is 0 Å². The molecule has 6 heteroatoms. The maximum absolute atomic E-state index is 12.7. The number of nitrogens with two attached hydrogens (primary N) is 1. The second-order valence-corrected chi connectivity index (χ2v) is 3.68. The second-order valence-electron chi connectivity index (χ2n) is 3.68. The second kappa shape index (κ2) is 3.42. The van der Waals surface area contributed by atoms with Crippen LogP contribution < -0.4 is 5.73 Å². The molecule has 14 heavy (non-hydrogen) atoms. The van der Waals surface area contributed by atoms with Gasteiger partial charge < -0.3 is 10.8 Å². The summed E-state index contributed by atoms with van der Waals surface area (Å²) >= 11 is 0. The fourth-order valence-electron chi connectivity index (χ4n) is 2.01. The Hall–Kier alpha value is -0.780. The Morgan fingerprint density at radius 3 is 2.07 bits per heavy atom. The molecule has 0 spiro atoms. The first kappa shape index (κ1) is 11.3. The number of alkyl halides is 3. The number of rotatable bonds is 2. The SMILES string of the molecule is N[C@H](C(=O)O)C1(C(F)(F)F)CCCC1. The minimum atomic E-state index is -4.53. The van der Waals surface area contributed by atoms with Crippen LogP contribution in [0.2, 0.25) is 0 Å². The molecule has 0 aromatic heterocycles. The van der Waals surface area contributed by atoms with Gasteiger partial charge in [-0.05, 0) is 12.8 Å². The lowest BCUT2D eigenvalue weighted by Gasteiger charge is -2.34. The number of hydrogen-bond acceptors (Lipinski definition) is 2. The van der Waals surface area contributed by atoms with E-state index in [2.05, 4.69) is 0 Å². The molecule has 3 nitrogen and oxygen atoms in total. The molecule has 1 aliphatic carbocycles. The summed E-state index contributed by atoms with van der Waals surface area (Å²) in [5.41, 5.74) is 2.91. The van der Waals surface area contributed by atoms with Gasteiger partial charge in [-0.2, -0.15) is 13.2 Å². The van der Waals surface area contributed by atoms with Crippen molar-refractivity contribution in [1.29, 1.82) is 0 Å². The van der Waals surface area contributed by atoms with Gasteiger partial charge in [-0.15, -0.1) is 0 Å². The smallest absolute Gasteiger partial charge is 0.396 e. The van der Waals surface area contributed by atoms with E-state index in [0.717, 1.165) is 0 Å². The van der Waals surface area contributed by atoms with Gasteiger partial charge in [0.2, 0.25) is 0 Å². The van der Waals surface area contributed by atoms with Gasteiger partial charge in [0.15, 0.2) is 0 Å². The topological polar surface area (TPSA) is 63.3 Å². The molecule has 0 saturated heterocycles. The van der Waals surface area contributed by atoms with Gasteiger partial charge >= 0.3 is 12.1 Å². The van der Waals surface area contributed by atoms with Crippen LogP contribution >= 0.6 is 0 Å². The van der Waals surface area contributed by atoms with Crippen molar-refractivity contribution in [3.05, 3.63) is 0 Å². The summed E-state index contributed by atoms with van der Waals surface area (Å²) < 4.78 is 38.0. The highest BCUT2D eigenvalue weighted by Gasteiger charge is 2.61. The molecule has 0 aliphatic heterocycles. The normalized spacial score (nSPS) is 23.4. The molecular formula is C8H12F3NO2. The van der Waals surface area contributed by atoms with E-state index < -0.39 is 23.6 Å². The number of aliphatic carboxylic acids is 1. The van der Waals surface area contributed by atoms with E-state index in [4.69, 9.17) is 10.8 Å². The van der Waals surface area contributed by atoms with E-state index >= 15 is 0 Å². The van der Waals surface area contributed by atoms with Crippen LogP contribution in [0.5, 0.6) is 0 Å². The van der Waals surface area contributed by atoms with E-state index in [9.17, 15) is 18.0 Å². The average molecular weight is 211 g/mol. The number of halogens is 3. The lowest BCUT2D eigenvalue weighted by atomic mass is 9.78. The third kappa shape index (κ3) is 1.58. The molecule has 0 radical (unpaired) electrons. The monoisotopic (exact) mass is 211 g/mol. The Morgan fingerprint density at radius 1 is 1.36 bits per heavy atom. The molecule has 0 aromatic rings. The lowest BCUT2D eigenvalue weighted by molar-refractivity contribution is -0.231. The summed E-state index contributed by atoms with van der Waals surface area (Å²) in [6.07, 6.45) is -4.10. The van der Waals surface area contributed by atoms with Gasteiger partial charge in [-0.25, -0.2) is 0 Å². The maximum atomic E-state index is 12.7. The quantitative estimate of drug-likeness (QED) is 0.727. The fraction of sp³-hybridized carbons (Fsp3) is 0.875. The summed E-state index contributed by atoms with van der Waals surface area (Å²) in [7, 11) is 0. The van der Waals surface area contributed by atoms with Crippen LogP contribution in [-0.2, 0) is 4.79 Å². The van der Waals surface area contributed by atoms with Crippen LogP contribution in [0.1, 0.15) is 25.7 Å². The molecule has 0 aromatic carbocycles. The summed E-state index contributed by atoms with van der Waals surface area (Å²) in [6, 6.07) is -1.84. The molecule has 3 N–H and O–H groups in total. The van der Waals surface area contributed by atoms with Crippen LogP contribution in [0, 0.1) is 5.41 Å². The van der Waals surface area contributed by atoms with Gasteiger partial charge in [0.1, 0.15) is 6.04 Å². The van der Waals surface area contributed by atoms with E-state index in [0.29, 0.717) is 12.8 Å². The predicted molar refractivity (Wildman–Crippen MR) is 42.6 cm³/mol. The lowest BCUT2D eigenvalue weighted by Crippen LogP contribution is -2.54. The van der Waals surface area contributed by atoms with Gasteiger partial charge in [0, 0.05) is 0 Å². The van der Waals surface area contributed by atoms with Crippen LogP contribution in [0.4, 0.5) is 13.2 Å². The number of carboxylic acid groups (broad SMARTS) is 1. The van der Waals surface area contributed by atoms with E-state index in [1.165, 1.54) is 0 Å². The first-order valence-electron chi connectivity index (χ1n) is 4.36. The molecule has 1 rings (SSSR count). The standard InChI is InChI=1S/C8H12F3NO2/c9-8(10,11)7(3-1-2-4-7)5(12)6(13)14/h5H,1-4,12H2,(H,13,14)/t5-/m1/s1. The molecule has 1 fully saturated rings. The minimum Gasteiger partial charge on any atom is -0.480 e. The van der Waals surface area contributed by atoms with Gasteiger partial charge in [-0.1, -0.05) is 12.8 Å². The Labute approximate surface area is 79.1 Å². The number of hydrogen-bond donors (Lipinski definition) is 2. The molecule has 1 aliphatic rings. The third-order valence-corrected chi connectivity index (χ3v) is 2.92. The Bertz CT molecular complexity index is 233. The van der Waals surface area contributed by atoms with Crippen molar-refractivity contribution in [3.63, 3.8) is 0 Å². The van der Waals surface area contributed by atoms with Crippen molar-refractivity contribution in [1.82, 2.24) is 0 Å². The Kier molecular flexibility index (Phi) is 2.76. The average Bonchev–Trinajstić information content (AvgIpc) is 2.50. The number of carboxylic acids is 1. The molecule has 0 unspecified atom stereocenters. The Morgan fingerprint density at radius 2 is 1.79 bits per heavy atom. The van der Waals surface area contributed by atoms with Crippen LogP contribution in [-0.4, -0.2) is 23.3 Å². The van der Waals surface area contributed by atoms with Crippen LogP contribution in [0.15, 0.2) is 0 Å². The zero-order valence-electron chi connectivity index (χ0n) is 7.47. The minimum absolute atomic E-state index is 0.177. The predicted octanol–water partition coefficient (Wildman–Crippen LogP) is 1.52. The van der Waals surface area contributed by atoms with Crippen LogP contribution in [0.3, 0.4) is 0 Å². The van der Waals surface area contributed by atoms with Crippen molar-refractivity contribution < 1.29 is 23.1 Å². The molecule has 1 saturated carbocycles. The van der Waals surface area contributed by atoms with E-state index in [-0.39, 0.29) is 12.8 Å². The molecule has 0 heterocycles. The van der Waals surface area contributed by atoms with E-state index in [1.54, 1.807) is 0 Å². The van der Waals surface area contributed by atoms with E-state index in [1.807, 2.05) is 0 Å². The van der Waals surface area contributed by atoms with Crippen molar-refractivity contribution >= 4 is 5.97 Å². The number of carbonyl (C=O) groups is 1. The largest absolute Gasteiger partial charge is 0.480 e. The Balaban J connectivity index is 2.99. The van der Waals surface area contributed by atoms with Crippen molar-refractivity contribution in [2.75, 3.05) is 0 Å². The maximum Gasteiger partial charge on any atom is 0.396 e. The molecule has 82 valence electrons. The van der Waals surface area contributed by atoms with Gasteiger partial charge in [0.05, 0.1) is 5.41 Å². The third-order valence-electron chi connectivity index (χ3n) is 2.92. The molecule has 0 bridgehead atoms. The molecule has 0 amide bonds. The van der Waals surface area contributed by atoms with Crippen LogP contribution in [0.25, 0.3) is 0 Å². The zero-order chi connectivity index (χ0) is 11.0. The highest BCUT2D eigenvalue weighted by atomic mass is 19.4. The van der Waals surface area contributed by atoms with Gasteiger partial charge in [-0.3, -0.25) is 4.79 Å². The highest BCUT2D eigenvalue weighted by molar-refractivity contribution is 5.74. The summed E-state index contributed by atoms with van der Waals surface area (Å²) in [5.74, 6) is -1.58. The zero-order valence-corrected chi connectivity index (χ0v) is 7.47. The van der Waals surface area contributed by atoms with Gasteiger partial charge in [0.25, 0.3) is 0 Å². The molecular weight excluding hydrogens is 199 g/mol. The first-order valence-corrected chi connectivity index (χ1v) is 4.36. The summed E-state index contributed by atoms with van der Waals surface area (Å²) in [6.45, 7) is 0. The van der Waals surface area contributed by atoms with Crippen molar-refractivity contribution in [2.45, 2.75) is 37.9 Å². The fourth-order valence-corrected chi connectivity index (χ4v) is 2.01. The first-order chi connectivity index (χ1) is 6.31. The highest BCUT2D eigenvalue weighted by Crippen LogP contribution is 2.52.